The molecule has 3 N–H and O–H groups in total. The molecule has 2 saturated heterocycles. The van der Waals surface area contributed by atoms with Gasteiger partial charge >= 0.3 is 18.5 Å². The lowest BCUT2D eigenvalue weighted by Crippen LogP contribution is -2.52. The SMILES string of the molecule is CN1CCN(C(=O)N(Cc2ccc(C(=O)CN)cc2F)c2ccc3cnn(C)c3c2)CC1.CN1CCN(C(=O)N(Cc2ccc(C(=O)CNC(=O)C(F)F)cc2F)c2ccc3cnn(C)c3c2)CC1. The second kappa shape index (κ2) is 21.8. The van der Waals surface area contributed by atoms with E-state index >= 15 is 4.39 Å². The molecule has 2 fully saturated rings. The minimum Gasteiger partial charge on any atom is -0.344 e. The number of hydrogen-bond acceptors (Lipinski definition) is 10. The lowest BCUT2D eigenvalue weighted by molar-refractivity contribution is -0.131. The Balaban J connectivity index is 0.000000206. The fourth-order valence-electron chi connectivity index (χ4n) is 7.98. The average Bonchev–Trinajstić information content (AvgIpc) is 3.92. The van der Waals surface area contributed by atoms with E-state index in [-0.39, 0.29) is 54.2 Å². The zero-order valence-electron chi connectivity index (χ0n) is 38.7. The van der Waals surface area contributed by atoms with Gasteiger partial charge in [0.15, 0.2) is 11.6 Å². The molecule has 2 aliphatic heterocycles. The van der Waals surface area contributed by atoms with Crippen molar-refractivity contribution in [3.63, 3.8) is 0 Å². The van der Waals surface area contributed by atoms with Crippen LogP contribution in [0.3, 0.4) is 0 Å². The Morgan fingerprint density at radius 3 is 1.42 bits per heavy atom. The molecule has 4 aromatic carbocycles. The summed E-state index contributed by atoms with van der Waals surface area (Å²) in [7, 11) is 7.63. The maximum atomic E-state index is 15.1. The monoisotopic (exact) mass is 954 g/mol. The van der Waals surface area contributed by atoms with E-state index in [2.05, 4.69) is 20.0 Å². The van der Waals surface area contributed by atoms with Gasteiger partial charge in [0, 0.05) is 111 Å². The number of alkyl halides is 2. The quantitative estimate of drug-likeness (QED) is 0.127. The standard InChI is InChI=1S/C25H27F3N6O3.C23H27FN6O2/c1-31-7-9-33(10-8-31)25(37)34(19-6-5-17-13-30-32(2)21(17)12-19)15-18-4-3-16(11-20(18)26)22(35)14-29-24(36)23(27)28;1-27-7-9-29(10-8-27)23(32)30(19-6-5-17-14-26-28(2)21(17)12-19)15-18-4-3-16(11-20(18)24)22(31)13-25/h3-6,11-13,23H,7-10,14-15H2,1-2H3,(H,29,36);3-6,11-12,14H,7-10,13,15,25H2,1-2H3. The number of carbonyl (C=O) groups excluding carboxylic acids is 5. The number of Topliss-reactive ketones (excluding diaryl/α,β-unsaturated/α-hetero) is 2. The maximum absolute atomic E-state index is 15.1. The summed E-state index contributed by atoms with van der Waals surface area (Å²) in [6.45, 7) is 4.33. The molecular formula is C48H54F4N12O5. The normalized spacial score (nSPS) is 14.5. The van der Waals surface area contributed by atoms with Gasteiger partial charge < -0.3 is 30.7 Å². The first-order valence-corrected chi connectivity index (χ1v) is 22.2. The van der Waals surface area contributed by atoms with Crippen molar-refractivity contribution in [1.82, 2.24) is 44.5 Å². The van der Waals surface area contributed by atoms with E-state index in [1.807, 2.05) is 56.8 Å². The predicted octanol–water partition coefficient (Wildman–Crippen LogP) is 4.88. The van der Waals surface area contributed by atoms with E-state index in [9.17, 15) is 37.1 Å². The number of halogens is 4. The fraction of sp³-hybridized carbons (Fsp3) is 0.354. The van der Waals surface area contributed by atoms with Gasteiger partial charge in [0.2, 0.25) is 0 Å². The molecule has 0 bridgehead atoms. The van der Waals surface area contributed by atoms with Crippen molar-refractivity contribution in [1.29, 1.82) is 0 Å². The van der Waals surface area contributed by atoms with Gasteiger partial charge in [0.1, 0.15) is 11.6 Å². The Hall–Kier alpha value is -7.23. The zero-order valence-corrected chi connectivity index (χ0v) is 38.7. The third-order valence-corrected chi connectivity index (χ3v) is 12.3. The molecule has 4 heterocycles. The number of likely N-dealkylation sites (N-methyl/N-ethyl adjacent to an activating group) is 2. The number of nitrogens with zero attached hydrogens (tertiary/aromatic N) is 10. The summed E-state index contributed by atoms with van der Waals surface area (Å²) < 4.78 is 58.1. The van der Waals surface area contributed by atoms with Crippen molar-refractivity contribution in [2.24, 2.45) is 19.8 Å². The van der Waals surface area contributed by atoms with Gasteiger partial charge in [-0.25, -0.2) is 18.4 Å². The molecule has 0 atom stereocenters. The minimum absolute atomic E-state index is 0.0391. The number of carbonyl (C=O) groups is 5. The number of aryl methyl sites for hydroxylation is 2. The maximum Gasteiger partial charge on any atom is 0.324 e. The first kappa shape index (κ1) is 49.7. The smallest absolute Gasteiger partial charge is 0.324 e. The molecule has 8 rings (SSSR count). The Morgan fingerprint density at radius 2 is 1.03 bits per heavy atom. The van der Waals surface area contributed by atoms with Gasteiger partial charge in [-0.15, -0.1) is 0 Å². The van der Waals surface area contributed by atoms with Crippen molar-refractivity contribution in [2.45, 2.75) is 19.5 Å². The first-order chi connectivity index (χ1) is 33.0. The van der Waals surface area contributed by atoms with Gasteiger partial charge in [-0.1, -0.05) is 24.3 Å². The summed E-state index contributed by atoms with van der Waals surface area (Å²) in [5, 5.41) is 12.2. The van der Waals surface area contributed by atoms with Crippen LogP contribution in [-0.2, 0) is 32.0 Å². The van der Waals surface area contributed by atoms with Crippen molar-refractivity contribution >= 4 is 62.7 Å². The summed E-state index contributed by atoms with van der Waals surface area (Å²) in [5.74, 6) is -3.89. The lowest BCUT2D eigenvalue weighted by atomic mass is 10.1. The molecule has 0 aliphatic carbocycles. The van der Waals surface area contributed by atoms with E-state index in [0.29, 0.717) is 56.2 Å². The first-order valence-electron chi connectivity index (χ1n) is 22.2. The highest BCUT2D eigenvalue weighted by atomic mass is 19.3. The van der Waals surface area contributed by atoms with Gasteiger partial charge in [-0.2, -0.15) is 19.0 Å². The van der Waals surface area contributed by atoms with Crippen LogP contribution < -0.4 is 20.9 Å². The Morgan fingerprint density at radius 1 is 0.609 bits per heavy atom. The second-order valence-electron chi connectivity index (χ2n) is 17.0. The Labute approximate surface area is 395 Å². The number of nitrogens with two attached hydrogens (primary N) is 1. The van der Waals surface area contributed by atoms with E-state index in [1.165, 1.54) is 23.1 Å². The van der Waals surface area contributed by atoms with Crippen LogP contribution >= 0.6 is 0 Å². The summed E-state index contributed by atoms with van der Waals surface area (Å²) in [6, 6.07) is 18.6. The van der Waals surface area contributed by atoms with Crippen LogP contribution in [0.4, 0.5) is 38.5 Å². The van der Waals surface area contributed by atoms with Gasteiger partial charge in [-0.3, -0.25) is 33.5 Å². The van der Waals surface area contributed by atoms with Crippen LogP contribution in [0, 0.1) is 11.6 Å². The number of rotatable bonds is 12. The molecule has 5 amide bonds. The van der Waals surface area contributed by atoms with Crippen LogP contribution in [0.15, 0.2) is 85.2 Å². The zero-order chi connectivity index (χ0) is 49.5. The average molecular weight is 955 g/mol. The second-order valence-corrected chi connectivity index (χ2v) is 17.0. The number of aromatic nitrogens is 4. The minimum atomic E-state index is -3.25. The number of nitrogens with one attached hydrogen (secondary N) is 1. The number of piperazine rings is 2. The van der Waals surface area contributed by atoms with Gasteiger partial charge in [0.05, 0.1) is 49.6 Å². The van der Waals surface area contributed by atoms with E-state index < -0.39 is 36.3 Å². The molecule has 364 valence electrons. The number of benzene rings is 4. The number of amides is 5. The van der Waals surface area contributed by atoms with Crippen LogP contribution in [0.2, 0.25) is 0 Å². The summed E-state index contributed by atoms with van der Waals surface area (Å²) in [5.41, 5.74) is 8.93. The van der Waals surface area contributed by atoms with E-state index in [0.717, 1.165) is 41.0 Å². The summed E-state index contributed by atoms with van der Waals surface area (Å²) in [6.07, 6.45) is 0.227. The van der Waals surface area contributed by atoms with Crippen LogP contribution in [0.5, 0.6) is 0 Å². The van der Waals surface area contributed by atoms with Crippen LogP contribution in [0.25, 0.3) is 21.8 Å². The highest BCUT2D eigenvalue weighted by Gasteiger charge is 2.29. The molecule has 69 heavy (non-hydrogen) atoms. The van der Waals surface area contributed by atoms with Crippen LogP contribution in [-0.4, -0.2) is 155 Å². The molecule has 17 nitrogen and oxygen atoms in total. The third kappa shape index (κ3) is 11.7. The number of urea groups is 2. The van der Waals surface area contributed by atoms with Gasteiger partial charge in [-0.05, 0) is 62.6 Å². The summed E-state index contributed by atoms with van der Waals surface area (Å²) in [4.78, 5) is 73.1. The topological polar surface area (TPSA) is 178 Å². The molecular weight excluding hydrogens is 901 g/mol. The highest BCUT2D eigenvalue weighted by molar-refractivity contribution is 6.00. The largest absolute Gasteiger partial charge is 0.344 e. The molecule has 6 aromatic rings. The Bertz CT molecular complexity index is 2860. The van der Waals surface area contributed by atoms with Crippen molar-refractivity contribution < 1.29 is 41.5 Å². The molecule has 0 saturated carbocycles. The van der Waals surface area contributed by atoms with Gasteiger partial charge in [0.25, 0.3) is 5.91 Å². The van der Waals surface area contributed by atoms with Crippen molar-refractivity contribution in [3.05, 3.63) is 119 Å². The molecule has 2 aromatic heterocycles. The number of anilines is 2. The van der Waals surface area contributed by atoms with Crippen LogP contribution in [0.1, 0.15) is 31.8 Å². The van der Waals surface area contributed by atoms with E-state index in [1.54, 1.807) is 61.7 Å². The lowest BCUT2D eigenvalue weighted by Gasteiger charge is -2.36. The number of hydrogen-bond donors (Lipinski definition) is 2. The predicted molar refractivity (Wildman–Crippen MR) is 252 cm³/mol. The third-order valence-electron chi connectivity index (χ3n) is 12.3. The highest BCUT2D eigenvalue weighted by Crippen LogP contribution is 2.28. The summed E-state index contributed by atoms with van der Waals surface area (Å²) >= 11 is 0. The van der Waals surface area contributed by atoms with Crippen molar-refractivity contribution in [2.75, 3.05) is 89.3 Å². The fourth-order valence-corrected chi connectivity index (χ4v) is 7.98. The number of ketones is 2. The molecule has 0 radical (unpaired) electrons. The molecule has 21 heteroatoms. The van der Waals surface area contributed by atoms with Crippen molar-refractivity contribution in [3.8, 4) is 0 Å². The Kier molecular flexibility index (Phi) is 15.7. The van der Waals surface area contributed by atoms with E-state index in [4.69, 9.17) is 5.73 Å². The molecule has 0 unspecified atom stereocenters. The number of fused-ring (bicyclic) bond motifs is 2. The molecule has 0 spiro atoms. The molecule has 2 aliphatic rings.